The molecule has 0 spiro atoms. The number of methoxy groups -OCH3 is 2. The summed E-state index contributed by atoms with van der Waals surface area (Å²) in [5.74, 6) is 0.379. The van der Waals surface area contributed by atoms with Crippen molar-refractivity contribution < 1.29 is 18.8 Å². The standard InChI is InChI=1S/C21H23BN4O5/c1-20(2)21(3,4)31-22(30-20)11-7-14(28-5)17(15(8-11)29-6)16-12(9-23)18(25)26-19(27)13(16)10-24/h7-8H,1-6H3,(H3,25,26,27). The monoisotopic (exact) mass is 422 g/mol. The van der Waals surface area contributed by atoms with Gasteiger partial charge >= 0.3 is 7.12 Å². The smallest absolute Gasteiger partial charge is 0.495 e. The third-order valence-electron chi connectivity index (χ3n) is 5.77. The molecule has 31 heavy (non-hydrogen) atoms. The van der Waals surface area contributed by atoms with Crippen LogP contribution in [-0.4, -0.2) is 37.5 Å². The van der Waals surface area contributed by atoms with E-state index in [2.05, 4.69) is 4.98 Å². The van der Waals surface area contributed by atoms with Crippen LogP contribution in [0, 0.1) is 22.7 Å². The third-order valence-corrected chi connectivity index (χ3v) is 5.77. The Morgan fingerprint density at radius 3 is 1.87 bits per heavy atom. The van der Waals surface area contributed by atoms with E-state index in [0.29, 0.717) is 5.46 Å². The van der Waals surface area contributed by atoms with Crippen molar-refractivity contribution in [2.75, 3.05) is 20.0 Å². The van der Waals surface area contributed by atoms with Crippen molar-refractivity contribution in [3.05, 3.63) is 33.6 Å². The maximum atomic E-state index is 12.4. The Bertz CT molecular complexity index is 1150. The molecule has 0 saturated carbocycles. The van der Waals surface area contributed by atoms with E-state index >= 15 is 0 Å². The normalized spacial score (nSPS) is 16.5. The summed E-state index contributed by atoms with van der Waals surface area (Å²) in [5.41, 5.74) is 4.62. The molecule has 0 atom stereocenters. The number of nitriles is 2. The summed E-state index contributed by atoms with van der Waals surface area (Å²) in [7, 11) is 2.17. The van der Waals surface area contributed by atoms with Crippen LogP contribution in [0.4, 0.5) is 5.82 Å². The molecule has 1 fully saturated rings. The molecule has 3 N–H and O–H groups in total. The molecule has 1 aromatic heterocycles. The lowest BCUT2D eigenvalue weighted by Crippen LogP contribution is -2.41. The van der Waals surface area contributed by atoms with Crippen molar-refractivity contribution in [3.8, 4) is 34.8 Å². The fourth-order valence-corrected chi connectivity index (χ4v) is 3.39. The second-order valence-electron chi connectivity index (χ2n) is 8.11. The molecule has 9 nitrogen and oxygen atoms in total. The number of anilines is 1. The predicted octanol–water partition coefficient (Wildman–Crippen LogP) is 1.68. The van der Waals surface area contributed by atoms with Crippen LogP contribution < -0.4 is 26.2 Å². The molecule has 1 saturated heterocycles. The van der Waals surface area contributed by atoms with Crippen LogP contribution in [0.3, 0.4) is 0 Å². The first-order valence-electron chi connectivity index (χ1n) is 9.49. The van der Waals surface area contributed by atoms with Gasteiger partial charge in [0, 0.05) is 5.56 Å². The van der Waals surface area contributed by atoms with Gasteiger partial charge in [-0.2, -0.15) is 10.5 Å². The first-order chi connectivity index (χ1) is 14.5. The van der Waals surface area contributed by atoms with E-state index in [-0.39, 0.29) is 39.6 Å². The van der Waals surface area contributed by atoms with E-state index in [9.17, 15) is 15.3 Å². The summed E-state index contributed by atoms with van der Waals surface area (Å²) in [6.45, 7) is 7.75. The maximum absolute atomic E-state index is 12.4. The Morgan fingerprint density at radius 1 is 0.968 bits per heavy atom. The SMILES string of the molecule is COc1cc(B2OC(C)(C)C(C)(C)O2)cc(OC)c1-c1c(C#N)c(N)[nH]c(=O)c1C#N. The minimum atomic E-state index is -0.715. The highest BCUT2D eigenvalue weighted by Gasteiger charge is 2.52. The number of nitrogens with two attached hydrogens (primary N) is 1. The molecule has 1 aliphatic rings. The second-order valence-corrected chi connectivity index (χ2v) is 8.11. The topological polar surface area (TPSA) is 143 Å². The van der Waals surface area contributed by atoms with Crippen LogP contribution in [0.1, 0.15) is 38.8 Å². The quantitative estimate of drug-likeness (QED) is 0.709. The van der Waals surface area contributed by atoms with E-state index < -0.39 is 23.9 Å². The van der Waals surface area contributed by atoms with Crippen molar-refractivity contribution in [2.45, 2.75) is 38.9 Å². The Labute approximate surface area is 180 Å². The summed E-state index contributed by atoms with van der Waals surface area (Å²) in [6, 6.07) is 7.13. The molecule has 0 unspecified atom stereocenters. The lowest BCUT2D eigenvalue weighted by molar-refractivity contribution is 0.00578. The van der Waals surface area contributed by atoms with E-state index in [0.717, 1.165) is 0 Å². The summed E-state index contributed by atoms with van der Waals surface area (Å²) in [5, 5.41) is 19.3. The second kappa shape index (κ2) is 7.66. The highest BCUT2D eigenvalue weighted by molar-refractivity contribution is 6.62. The van der Waals surface area contributed by atoms with Crippen LogP contribution in [0.5, 0.6) is 11.5 Å². The molecule has 10 heteroatoms. The van der Waals surface area contributed by atoms with E-state index in [1.807, 2.05) is 39.8 Å². The number of aromatic amines is 1. The summed E-state index contributed by atoms with van der Waals surface area (Å²) in [6.07, 6.45) is 0. The van der Waals surface area contributed by atoms with Gasteiger partial charge in [0.25, 0.3) is 5.56 Å². The predicted molar refractivity (Wildman–Crippen MR) is 115 cm³/mol. The van der Waals surface area contributed by atoms with Gasteiger partial charge < -0.3 is 29.5 Å². The average molecular weight is 422 g/mol. The lowest BCUT2D eigenvalue weighted by atomic mass is 9.77. The Kier molecular flexibility index (Phi) is 5.49. The molecule has 1 aromatic carbocycles. The van der Waals surface area contributed by atoms with Crippen LogP contribution >= 0.6 is 0 Å². The van der Waals surface area contributed by atoms with Gasteiger partial charge in [-0.1, -0.05) is 0 Å². The summed E-state index contributed by atoms with van der Waals surface area (Å²) < 4.78 is 23.3. The first kappa shape index (κ1) is 22.2. The summed E-state index contributed by atoms with van der Waals surface area (Å²) >= 11 is 0. The number of nitrogen functional groups attached to an aromatic ring is 1. The molecule has 3 rings (SSSR count). The van der Waals surface area contributed by atoms with Crippen molar-refractivity contribution >= 4 is 18.4 Å². The molecule has 160 valence electrons. The van der Waals surface area contributed by atoms with Crippen molar-refractivity contribution in [1.29, 1.82) is 10.5 Å². The van der Waals surface area contributed by atoms with Gasteiger partial charge in [0.1, 0.15) is 40.6 Å². The minimum absolute atomic E-state index is 0.0421. The summed E-state index contributed by atoms with van der Waals surface area (Å²) in [4.78, 5) is 14.7. The number of hydrogen-bond donors (Lipinski definition) is 2. The molecular formula is C21H23BN4O5. The Hall–Kier alpha value is -3.47. The number of aromatic nitrogens is 1. The highest BCUT2D eigenvalue weighted by atomic mass is 16.7. The zero-order chi connectivity index (χ0) is 23.1. The number of benzene rings is 1. The molecule has 2 aromatic rings. The van der Waals surface area contributed by atoms with E-state index in [1.54, 1.807) is 12.1 Å². The highest BCUT2D eigenvalue weighted by Crippen LogP contribution is 2.43. The molecule has 0 radical (unpaired) electrons. The van der Waals surface area contributed by atoms with Gasteiger partial charge in [-0.15, -0.1) is 0 Å². The lowest BCUT2D eigenvalue weighted by Gasteiger charge is -2.32. The van der Waals surface area contributed by atoms with Gasteiger partial charge in [-0.3, -0.25) is 4.79 Å². The number of nitrogens with one attached hydrogen (secondary N) is 1. The fourth-order valence-electron chi connectivity index (χ4n) is 3.39. The van der Waals surface area contributed by atoms with Gasteiger partial charge in [0.15, 0.2) is 0 Å². The van der Waals surface area contributed by atoms with Gasteiger partial charge in [-0.05, 0) is 45.3 Å². The zero-order valence-corrected chi connectivity index (χ0v) is 18.2. The van der Waals surface area contributed by atoms with Crippen molar-refractivity contribution in [2.24, 2.45) is 0 Å². The number of H-pyrrole nitrogens is 1. The Balaban J connectivity index is 2.30. The molecular weight excluding hydrogens is 399 g/mol. The van der Waals surface area contributed by atoms with Gasteiger partial charge in [0.05, 0.1) is 31.0 Å². The molecule has 2 heterocycles. The number of ether oxygens (including phenoxy) is 2. The number of pyridine rings is 1. The largest absolute Gasteiger partial charge is 0.496 e. The van der Waals surface area contributed by atoms with Crippen LogP contribution in [0.2, 0.25) is 0 Å². The van der Waals surface area contributed by atoms with E-state index in [4.69, 9.17) is 24.5 Å². The Morgan fingerprint density at radius 2 is 1.45 bits per heavy atom. The molecule has 0 bridgehead atoms. The van der Waals surface area contributed by atoms with Gasteiger partial charge in [0.2, 0.25) is 0 Å². The third kappa shape index (κ3) is 3.50. The van der Waals surface area contributed by atoms with Crippen LogP contribution in [0.25, 0.3) is 11.1 Å². The van der Waals surface area contributed by atoms with Crippen molar-refractivity contribution in [3.63, 3.8) is 0 Å². The number of nitrogens with zero attached hydrogens (tertiary/aromatic N) is 2. The van der Waals surface area contributed by atoms with Crippen molar-refractivity contribution in [1.82, 2.24) is 4.98 Å². The molecule has 0 amide bonds. The van der Waals surface area contributed by atoms with Gasteiger partial charge in [-0.25, -0.2) is 0 Å². The maximum Gasteiger partial charge on any atom is 0.495 e. The molecule has 0 aliphatic carbocycles. The molecule has 1 aliphatic heterocycles. The van der Waals surface area contributed by atoms with Crippen LogP contribution in [0.15, 0.2) is 16.9 Å². The van der Waals surface area contributed by atoms with E-state index in [1.165, 1.54) is 14.2 Å². The average Bonchev–Trinajstić information content (AvgIpc) is 2.93. The minimum Gasteiger partial charge on any atom is -0.496 e. The number of rotatable bonds is 4. The first-order valence-corrected chi connectivity index (χ1v) is 9.49. The zero-order valence-electron chi connectivity index (χ0n) is 18.2. The number of hydrogen-bond acceptors (Lipinski definition) is 8. The fraction of sp³-hybridized carbons (Fsp3) is 0.381. The van der Waals surface area contributed by atoms with Crippen LogP contribution in [-0.2, 0) is 9.31 Å².